The molecule has 0 aromatic heterocycles. The fourth-order valence-corrected chi connectivity index (χ4v) is 3.30. The Balaban J connectivity index is 1.75. The maximum absolute atomic E-state index is 12.4. The van der Waals surface area contributed by atoms with Gasteiger partial charge in [-0.25, -0.2) is 4.79 Å². The lowest BCUT2D eigenvalue weighted by Crippen LogP contribution is -2.51. The van der Waals surface area contributed by atoms with Gasteiger partial charge in [-0.15, -0.1) is 0 Å². The van der Waals surface area contributed by atoms with Crippen LogP contribution in [0.25, 0.3) is 0 Å². The molecule has 2 atom stereocenters. The molecule has 7 nitrogen and oxygen atoms in total. The van der Waals surface area contributed by atoms with E-state index in [0.29, 0.717) is 5.06 Å². The zero-order valence-corrected chi connectivity index (χ0v) is 13.5. The number of amides is 3. The minimum atomic E-state index is -1.22. The molecule has 24 heavy (non-hydrogen) atoms. The lowest BCUT2D eigenvalue weighted by atomic mass is 9.97. The first kappa shape index (κ1) is 16.2. The highest BCUT2D eigenvalue weighted by Crippen LogP contribution is 2.25. The van der Waals surface area contributed by atoms with E-state index >= 15 is 0 Å². The summed E-state index contributed by atoms with van der Waals surface area (Å²) in [7, 11) is 0. The third-order valence-corrected chi connectivity index (χ3v) is 4.53. The van der Waals surface area contributed by atoms with E-state index in [0.717, 1.165) is 19.3 Å². The van der Waals surface area contributed by atoms with Crippen molar-refractivity contribution in [2.45, 2.75) is 45.2 Å². The number of fused-ring (bicyclic) bond motifs is 1. The van der Waals surface area contributed by atoms with Gasteiger partial charge in [0, 0.05) is 12.1 Å². The number of hydrogen-bond donors (Lipinski definition) is 0. The summed E-state index contributed by atoms with van der Waals surface area (Å²) in [5.41, 5.74) is 0.310. The van der Waals surface area contributed by atoms with Gasteiger partial charge in [0.05, 0.1) is 11.1 Å². The summed E-state index contributed by atoms with van der Waals surface area (Å²) < 4.78 is 0. The molecule has 1 saturated heterocycles. The lowest BCUT2D eigenvalue weighted by molar-refractivity contribution is -0.180. The van der Waals surface area contributed by atoms with Crippen LogP contribution in [0.1, 0.15) is 53.8 Å². The maximum atomic E-state index is 12.4. The Labute approximate surface area is 139 Å². The van der Waals surface area contributed by atoms with Gasteiger partial charge in [0.2, 0.25) is 0 Å². The van der Waals surface area contributed by atoms with Crippen LogP contribution >= 0.6 is 0 Å². The molecular formula is C17H18N2O5. The second kappa shape index (κ2) is 6.07. The first-order valence-electron chi connectivity index (χ1n) is 7.94. The van der Waals surface area contributed by atoms with Crippen LogP contribution in [0.3, 0.4) is 0 Å². The molecular weight excluding hydrogens is 312 g/mol. The molecule has 1 fully saturated rings. The minimum absolute atomic E-state index is 0.0871. The number of piperidine rings is 1. The van der Waals surface area contributed by atoms with Crippen molar-refractivity contribution in [3.05, 3.63) is 35.4 Å². The van der Waals surface area contributed by atoms with E-state index < -0.39 is 23.7 Å². The first-order valence-corrected chi connectivity index (χ1v) is 7.94. The summed E-state index contributed by atoms with van der Waals surface area (Å²) in [5.74, 6) is -3.52. The van der Waals surface area contributed by atoms with Gasteiger partial charge < -0.3 is 9.74 Å². The van der Waals surface area contributed by atoms with Crippen LogP contribution in [0.5, 0.6) is 0 Å². The predicted molar refractivity (Wildman–Crippen MR) is 82.7 cm³/mol. The van der Waals surface area contributed by atoms with E-state index in [1.165, 1.54) is 17.0 Å². The van der Waals surface area contributed by atoms with Crippen molar-refractivity contribution in [2.24, 2.45) is 0 Å². The Morgan fingerprint density at radius 1 is 1.00 bits per heavy atom. The summed E-state index contributed by atoms with van der Waals surface area (Å²) in [6.07, 6.45) is 2.59. The zero-order chi connectivity index (χ0) is 17.4. The summed E-state index contributed by atoms with van der Waals surface area (Å²) in [6.45, 7) is 3.73. The average Bonchev–Trinajstić information content (AvgIpc) is 2.80. The summed E-state index contributed by atoms with van der Waals surface area (Å²) in [5, 5.41) is 0.365. The fraction of sp³-hybridized carbons (Fsp3) is 0.412. The van der Waals surface area contributed by atoms with Gasteiger partial charge in [0.1, 0.15) is 0 Å². The molecule has 2 unspecified atom stereocenters. The number of carbonyl (C=O) groups is 4. The van der Waals surface area contributed by atoms with E-state index in [-0.39, 0.29) is 23.2 Å². The van der Waals surface area contributed by atoms with Crippen LogP contribution < -0.4 is 0 Å². The third-order valence-electron chi connectivity index (χ3n) is 4.53. The molecule has 0 spiro atoms. The van der Waals surface area contributed by atoms with Crippen molar-refractivity contribution in [3.63, 3.8) is 0 Å². The van der Waals surface area contributed by atoms with Crippen LogP contribution in [0.4, 0.5) is 0 Å². The predicted octanol–water partition coefficient (Wildman–Crippen LogP) is 1.53. The molecule has 1 aromatic carbocycles. The number of carbonyl (C=O) groups excluding carboxylic acids is 4. The van der Waals surface area contributed by atoms with Gasteiger partial charge in [0.25, 0.3) is 11.8 Å². The number of nitrogens with zero attached hydrogens (tertiary/aromatic N) is 2. The van der Waals surface area contributed by atoms with E-state index in [1.54, 1.807) is 12.1 Å². The molecule has 7 heteroatoms. The molecule has 2 aliphatic heterocycles. The number of rotatable bonds is 1. The average molecular weight is 330 g/mol. The highest BCUT2D eigenvalue weighted by Gasteiger charge is 2.41. The highest BCUT2D eigenvalue weighted by molar-refractivity contribution is 6.33. The van der Waals surface area contributed by atoms with Crippen molar-refractivity contribution in [3.8, 4) is 0 Å². The van der Waals surface area contributed by atoms with Crippen molar-refractivity contribution in [1.29, 1.82) is 0 Å². The Hall–Kier alpha value is -2.70. The summed E-state index contributed by atoms with van der Waals surface area (Å²) in [6, 6.07) is 5.99. The molecule has 2 aliphatic rings. The monoisotopic (exact) mass is 330 g/mol. The van der Waals surface area contributed by atoms with Crippen LogP contribution in [0, 0.1) is 0 Å². The number of likely N-dealkylation sites (tertiary alicyclic amines) is 1. The number of imide groups is 1. The van der Waals surface area contributed by atoms with E-state index in [2.05, 4.69) is 0 Å². The fourth-order valence-electron chi connectivity index (χ4n) is 3.30. The smallest absolute Gasteiger partial charge is 0.327 e. The van der Waals surface area contributed by atoms with Gasteiger partial charge in [-0.3, -0.25) is 14.4 Å². The topological polar surface area (TPSA) is 84.0 Å². The van der Waals surface area contributed by atoms with Gasteiger partial charge in [-0.05, 0) is 45.2 Å². The van der Waals surface area contributed by atoms with E-state index in [1.807, 2.05) is 13.8 Å². The summed E-state index contributed by atoms with van der Waals surface area (Å²) in [4.78, 5) is 55.2. The second-order valence-corrected chi connectivity index (χ2v) is 6.17. The van der Waals surface area contributed by atoms with Gasteiger partial charge in [0.15, 0.2) is 0 Å². The van der Waals surface area contributed by atoms with Gasteiger partial charge in [-0.2, -0.15) is 0 Å². The van der Waals surface area contributed by atoms with Crippen molar-refractivity contribution in [2.75, 3.05) is 0 Å². The molecule has 3 rings (SSSR count). The Bertz CT molecular complexity index is 684. The Morgan fingerprint density at radius 2 is 1.50 bits per heavy atom. The number of benzene rings is 1. The standard InChI is InChI=1S/C17H18N2O5/c1-10-6-5-7-11(2)18(10)16(22)17(23)24-19-14(20)12-8-3-4-9-13(12)15(19)21/h3-4,8-11H,5-7H2,1-2H3. The number of hydrogen-bond acceptors (Lipinski definition) is 5. The molecule has 0 radical (unpaired) electrons. The quantitative estimate of drug-likeness (QED) is 0.576. The molecule has 0 aliphatic carbocycles. The van der Waals surface area contributed by atoms with Crippen LogP contribution in [0.15, 0.2) is 24.3 Å². The largest absolute Gasteiger partial charge is 0.421 e. The van der Waals surface area contributed by atoms with Crippen molar-refractivity contribution in [1.82, 2.24) is 9.96 Å². The van der Waals surface area contributed by atoms with Crippen LogP contribution in [-0.2, 0) is 14.4 Å². The van der Waals surface area contributed by atoms with Gasteiger partial charge in [-0.1, -0.05) is 17.2 Å². The van der Waals surface area contributed by atoms with E-state index in [9.17, 15) is 19.2 Å². The normalized spacial score (nSPS) is 23.2. The SMILES string of the molecule is CC1CCCC(C)N1C(=O)C(=O)ON1C(=O)c2ccccc2C1=O. The Morgan fingerprint density at radius 3 is 2.00 bits per heavy atom. The molecule has 1 aromatic rings. The zero-order valence-electron chi connectivity index (χ0n) is 13.5. The van der Waals surface area contributed by atoms with Crippen molar-refractivity contribution < 1.29 is 24.0 Å². The second-order valence-electron chi connectivity index (χ2n) is 6.17. The van der Waals surface area contributed by atoms with Gasteiger partial charge >= 0.3 is 11.9 Å². The molecule has 126 valence electrons. The number of hydroxylamine groups is 2. The minimum Gasteiger partial charge on any atom is -0.327 e. The third kappa shape index (κ3) is 2.55. The molecule has 0 saturated carbocycles. The van der Waals surface area contributed by atoms with Crippen LogP contribution in [0.2, 0.25) is 0 Å². The van der Waals surface area contributed by atoms with E-state index in [4.69, 9.17) is 4.84 Å². The lowest BCUT2D eigenvalue weighted by Gasteiger charge is -2.38. The maximum Gasteiger partial charge on any atom is 0.421 e. The Kier molecular flexibility index (Phi) is 4.09. The van der Waals surface area contributed by atoms with Crippen molar-refractivity contribution >= 4 is 23.7 Å². The highest BCUT2D eigenvalue weighted by atomic mass is 16.7. The molecule has 2 heterocycles. The molecule has 0 N–H and O–H groups in total. The first-order chi connectivity index (χ1) is 11.4. The van der Waals surface area contributed by atoms with Crippen LogP contribution in [-0.4, -0.2) is 45.7 Å². The molecule has 3 amide bonds. The summed E-state index contributed by atoms with van der Waals surface area (Å²) >= 11 is 0. The molecule has 0 bridgehead atoms.